The summed E-state index contributed by atoms with van der Waals surface area (Å²) in [5.41, 5.74) is 0.466. The minimum absolute atomic E-state index is 0.0587. The van der Waals surface area contributed by atoms with E-state index in [0.717, 1.165) is 0 Å². The largest absolute Gasteiger partial charge is 0.479 e. The number of morpholine rings is 1. The van der Waals surface area contributed by atoms with Crippen LogP contribution in [0.4, 0.5) is 0 Å². The van der Waals surface area contributed by atoms with Crippen molar-refractivity contribution < 1.29 is 23.8 Å². The Hall–Kier alpha value is -1.82. The first-order valence-corrected chi connectivity index (χ1v) is 5.70. The van der Waals surface area contributed by atoms with E-state index in [1.807, 2.05) is 0 Å². The summed E-state index contributed by atoms with van der Waals surface area (Å²) in [6.07, 6.45) is 0.183. The van der Waals surface area contributed by atoms with E-state index >= 15 is 0 Å². The number of hydrogen-bond acceptors (Lipinski definition) is 4. The molecular weight excluding hydrogens is 238 g/mol. The van der Waals surface area contributed by atoms with E-state index in [4.69, 9.17) is 14.3 Å². The molecule has 1 saturated heterocycles. The molecule has 1 amide bonds. The molecular formula is C12H15NO5. The van der Waals surface area contributed by atoms with Gasteiger partial charge in [0.25, 0.3) is 5.91 Å². The van der Waals surface area contributed by atoms with Crippen molar-refractivity contribution in [1.29, 1.82) is 0 Å². The van der Waals surface area contributed by atoms with Crippen molar-refractivity contribution in [2.75, 3.05) is 13.1 Å². The zero-order valence-electron chi connectivity index (χ0n) is 10.3. The lowest BCUT2D eigenvalue weighted by Crippen LogP contribution is -2.51. The van der Waals surface area contributed by atoms with Gasteiger partial charge >= 0.3 is 5.97 Å². The van der Waals surface area contributed by atoms with Crippen molar-refractivity contribution >= 4 is 11.9 Å². The van der Waals surface area contributed by atoms with Crippen LogP contribution >= 0.6 is 0 Å². The number of carbonyl (C=O) groups excluding carboxylic acids is 1. The van der Waals surface area contributed by atoms with E-state index < -0.39 is 12.1 Å². The van der Waals surface area contributed by atoms with Gasteiger partial charge in [0.1, 0.15) is 5.76 Å². The van der Waals surface area contributed by atoms with Crippen LogP contribution in [-0.2, 0) is 9.53 Å². The molecule has 0 spiro atoms. The van der Waals surface area contributed by atoms with Crippen LogP contribution in [0, 0.1) is 6.92 Å². The van der Waals surface area contributed by atoms with Crippen LogP contribution in [0.15, 0.2) is 16.7 Å². The van der Waals surface area contributed by atoms with Crippen LogP contribution in [-0.4, -0.2) is 47.2 Å². The number of carbonyl (C=O) groups is 2. The maximum Gasteiger partial charge on any atom is 0.334 e. The van der Waals surface area contributed by atoms with Crippen molar-refractivity contribution in [2.45, 2.75) is 26.1 Å². The lowest BCUT2D eigenvalue weighted by Gasteiger charge is -2.34. The summed E-state index contributed by atoms with van der Waals surface area (Å²) in [7, 11) is 0. The molecule has 1 aromatic heterocycles. The van der Waals surface area contributed by atoms with Gasteiger partial charge in [-0.2, -0.15) is 0 Å². The minimum Gasteiger partial charge on any atom is -0.479 e. The lowest BCUT2D eigenvalue weighted by atomic mass is 10.1. The van der Waals surface area contributed by atoms with Gasteiger partial charge in [-0.15, -0.1) is 0 Å². The van der Waals surface area contributed by atoms with Crippen molar-refractivity contribution in [3.05, 3.63) is 23.7 Å². The number of nitrogens with zero attached hydrogens (tertiary/aromatic N) is 1. The van der Waals surface area contributed by atoms with E-state index in [-0.39, 0.29) is 18.6 Å². The summed E-state index contributed by atoms with van der Waals surface area (Å²) < 4.78 is 10.3. The molecule has 1 fully saturated rings. The molecule has 98 valence electrons. The molecule has 2 heterocycles. The second kappa shape index (κ2) is 4.81. The van der Waals surface area contributed by atoms with Crippen LogP contribution in [0.25, 0.3) is 0 Å². The highest BCUT2D eigenvalue weighted by Gasteiger charge is 2.33. The quantitative estimate of drug-likeness (QED) is 0.847. The van der Waals surface area contributed by atoms with Crippen LogP contribution in [0.2, 0.25) is 0 Å². The maximum atomic E-state index is 12.2. The molecule has 0 saturated carbocycles. The van der Waals surface area contributed by atoms with E-state index in [1.54, 1.807) is 19.9 Å². The number of carboxylic acids is 1. The molecule has 0 aromatic carbocycles. The van der Waals surface area contributed by atoms with Crippen LogP contribution in [0.5, 0.6) is 0 Å². The fourth-order valence-corrected chi connectivity index (χ4v) is 2.03. The number of carboxylic acid groups (broad SMARTS) is 1. The number of aliphatic carboxylic acids is 1. The Kier molecular flexibility index (Phi) is 3.38. The average Bonchev–Trinajstić information content (AvgIpc) is 2.73. The molecule has 2 rings (SSSR count). The van der Waals surface area contributed by atoms with Gasteiger partial charge in [0.05, 0.1) is 24.5 Å². The smallest absolute Gasteiger partial charge is 0.334 e. The van der Waals surface area contributed by atoms with Gasteiger partial charge in [0, 0.05) is 6.54 Å². The Morgan fingerprint density at radius 1 is 1.44 bits per heavy atom. The topological polar surface area (TPSA) is 80.0 Å². The van der Waals surface area contributed by atoms with Gasteiger partial charge in [-0.25, -0.2) is 4.79 Å². The first-order valence-electron chi connectivity index (χ1n) is 5.70. The monoisotopic (exact) mass is 253 g/mol. The van der Waals surface area contributed by atoms with E-state index in [0.29, 0.717) is 17.9 Å². The third kappa shape index (κ3) is 2.38. The first kappa shape index (κ1) is 12.6. The molecule has 6 heteroatoms. The Morgan fingerprint density at radius 3 is 2.72 bits per heavy atom. The van der Waals surface area contributed by atoms with Gasteiger partial charge in [0.15, 0.2) is 6.10 Å². The molecule has 1 aromatic rings. The lowest BCUT2D eigenvalue weighted by molar-refractivity contribution is -0.160. The predicted molar refractivity (Wildman–Crippen MR) is 61.3 cm³/mol. The predicted octanol–water partition coefficient (Wildman–Crippen LogP) is 0.902. The second-order valence-corrected chi connectivity index (χ2v) is 4.37. The van der Waals surface area contributed by atoms with Gasteiger partial charge in [-0.1, -0.05) is 0 Å². The number of ether oxygens (including phenoxy) is 1. The highest BCUT2D eigenvalue weighted by Crippen LogP contribution is 2.17. The Morgan fingerprint density at radius 2 is 2.17 bits per heavy atom. The third-order valence-electron chi connectivity index (χ3n) is 2.91. The highest BCUT2D eigenvalue weighted by atomic mass is 16.5. The molecule has 18 heavy (non-hydrogen) atoms. The van der Waals surface area contributed by atoms with Crippen LogP contribution in [0.1, 0.15) is 23.0 Å². The molecule has 1 aliphatic rings. The molecule has 0 aliphatic carbocycles. The maximum absolute atomic E-state index is 12.2. The molecule has 2 atom stereocenters. The summed E-state index contributed by atoms with van der Waals surface area (Å²) in [5.74, 6) is -0.739. The summed E-state index contributed by atoms with van der Waals surface area (Å²) in [6.45, 7) is 3.89. The third-order valence-corrected chi connectivity index (χ3v) is 2.91. The molecule has 0 radical (unpaired) electrons. The Bertz CT molecular complexity index is 467. The number of rotatable bonds is 2. The fourth-order valence-electron chi connectivity index (χ4n) is 2.03. The van der Waals surface area contributed by atoms with Crippen molar-refractivity contribution in [2.24, 2.45) is 0 Å². The SMILES string of the molecule is Cc1occc1C(=O)N1CC(C(=O)O)O[C@H](C)C1. The first-order chi connectivity index (χ1) is 8.49. The Balaban J connectivity index is 2.15. The molecule has 0 bridgehead atoms. The van der Waals surface area contributed by atoms with Gasteiger partial charge in [-0.05, 0) is 19.9 Å². The Labute approximate surface area is 104 Å². The van der Waals surface area contributed by atoms with Gasteiger partial charge < -0.3 is 19.2 Å². The number of hydrogen-bond donors (Lipinski definition) is 1. The van der Waals surface area contributed by atoms with E-state index in [1.165, 1.54) is 11.2 Å². The molecule has 1 unspecified atom stereocenters. The van der Waals surface area contributed by atoms with Crippen molar-refractivity contribution in [1.82, 2.24) is 4.90 Å². The minimum atomic E-state index is -1.05. The average molecular weight is 253 g/mol. The normalized spacial score (nSPS) is 24.0. The van der Waals surface area contributed by atoms with Crippen LogP contribution in [0.3, 0.4) is 0 Å². The molecule has 6 nitrogen and oxygen atoms in total. The fraction of sp³-hybridized carbons (Fsp3) is 0.500. The summed E-state index contributed by atoms with van der Waals surface area (Å²) in [4.78, 5) is 24.6. The number of amides is 1. The zero-order valence-corrected chi connectivity index (χ0v) is 10.3. The standard InChI is InChI=1S/C12H15NO5/c1-7-5-13(6-10(18-7)12(15)16)11(14)9-3-4-17-8(9)2/h3-4,7,10H,5-6H2,1-2H3,(H,15,16)/t7-,10?/m1/s1. The van der Waals surface area contributed by atoms with E-state index in [2.05, 4.69) is 0 Å². The van der Waals surface area contributed by atoms with Gasteiger partial charge in [0.2, 0.25) is 0 Å². The second-order valence-electron chi connectivity index (χ2n) is 4.37. The van der Waals surface area contributed by atoms with Crippen molar-refractivity contribution in [3.8, 4) is 0 Å². The molecule has 1 aliphatic heterocycles. The summed E-state index contributed by atoms with van der Waals surface area (Å²) in [6, 6.07) is 1.59. The zero-order chi connectivity index (χ0) is 13.3. The number of furan rings is 1. The van der Waals surface area contributed by atoms with Crippen LogP contribution < -0.4 is 0 Å². The number of aryl methyl sites for hydroxylation is 1. The summed E-state index contributed by atoms with van der Waals surface area (Å²) >= 11 is 0. The summed E-state index contributed by atoms with van der Waals surface area (Å²) in [5, 5.41) is 8.96. The van der Waals surface area contributed by atoms with E-state index in [9.17, 15) is 9.59 Å². The van der Waals surface area contributed by atoms with Gasteiger partial charge in [-0.3, -0.25) is 4.79 Å². The van der Waals surface area contributed by atoms with Crippen molar-refractivity contribution in [3.63, 3.8) is 0 Å². The molecule has 1 N–H and O–H groups in total. The highest BCUT2D eigenvalue weighted by molar-refractivity contribution is 5.95.